The fourth-order valence-electron chi connectivity index (χ4n) is 4.96. The van der Waals surface area contributed by atoms with E-state index in [2.05, 4.69) is 68.4 Å². The first kappa shape index (κ1) is 22.5. The molecule has 2 heterocycles. The number of benzene rings is 4. The van der Waals surface area contributed by atoms with Crippen LogP contribution in [0.5, 0.6) is 0 Å². The highest BCUT2D eigenvalue weighted by Gasteiger charge is 2.34. The molecule has 0 spiro atoms. The number of fused-ring (bicyclic) bond motifs is 1. The number of aliphatic imine (C=N–C) groups is 1. The molecule has 0 aliphatic carbocycles. The molecule has 1 aliphatic heterocycles. The van der Waals surface area contributed by atoms with Crippen molar-refractivity contribution in [2.45, 2.75) is 18.6 Å². The van der Waals surface area contributed by atoms with Crippen molar-refractivity contribution in [3.63, 3.8) is 0 Å². The summed E-state index contributed by atoms with van der Waals surface area (Å²) in [5.74, 6) is -0.158. The number of carbonyl (C=O) groups is 1. The summed E-state index contributed by atoms with van der Waals surface area (Å²) in [6, 6.07) is 36.3. The van der Waals surface area contributed by atoms with Crippen LogP contribution in [0, 0.1) is 0 Å². The third kappa shape index (κ3) is 4.27. The second-order valence-corrected chi connectivity index (χ2v) is 9.93. The molecule has 5 aromatic rings. The van der Waals surface area contributed by atoms with Gasteiger partial charge in [-0.1, -0.05) is 107 Å². The van der Waals surface area contributed by atoms with E-state index in [1.165, 1.54) is 5.56 Å². The van der Waals surface area contributed by atoms with Gasteiger partial charge in [-0.2, -0.15) is 0 Å². The van der Waals surface area contributed by atoms with Crippen LogP contribution in [0.3, 0.4) is 0 Å². The Labute approximate surface area is 218 Å². The van der Waals surface area contributed by atoms with Crippen molar-refractivity contribution in [1.29, 1.82) is 0 Å². The van der Waals surface area contributed by atoms with Crippen LogP contribution in [0.25, 0.3) is 10.9 Å². The fraction of sp³-hybridized carbons (Fsp3) is 0.0968. The lowest BCUT2D eigenvalue weighted by molar-refractivity contribution is -0.116. The van der Waals surface area contributed by atoms with Gasteiger partial charge in [-0.3, -0.25) is 9.79 Å². The normalized spacial score (nSPS) is 17.6. The molecule has 6 rings (SSSR count). The molecule has 176 valence electrons. The summed E-state index contributed by atoms with van der Waals surface area (Å²) in [5.41, 5.74) is 5.67. The van der Waals surface area contributed by atoms with E-state index in [0.29, 0.717) is 12.3 Å². The zero-order valence-electron chi connectivity index (χ0n) is 19.5. The molecule has 1 aromatic heterocycles. The average Bonchev–Trinajstić information content (AvgIpc) is 3.27. The third-order valence-corrected chi connectivity index (χ3v) is 7.17. The van der Waals surface area contributed by atoms with Gasteiger partial charge in [-0.25, -0.2) is 0 Å². The van der Waals surface area contributed by atoms with E-state index in [1.54, 1.807) is 0 Å². The van der Waals surface area contributed by atoms with E-state index in [0.717, 1.165) is 32.1 Å². The number of nitrogens with zero attached hydrogens (tertiary/aromatic N) is 2. The van der Waals surface area contributed by atoms with Crippen LogP contribution in [0.1, 0.15) is 34.3 Å². The Morgan fingerprint density at radius 2 is 1.44 bits per heavy atom. The molecule has 4 aromatic carbocycles. The predicted octanol–water partition coefficient (Wildman–Crippen LogP) is 6.85. The quantitative estimate of drug-likeness (QED) is 0.263. The highest BCUT2D eigenvalue weighted by atomic mass is 79.9. The number of hydrogen-bond donors (Lipinski definition) is 1. The predicted molar refractivity (Wildman–Crippen MR) is 148 cm³/mol. The molecule has 5 heteroatoms. The molecule has 1 N–H and O–H groups in total. The van der Waals surface area contributed by atoms with Crippen molar-refractivity contribution in [1.82, 2.24) is 9.88 Å². The zero-order valence-corrected chi connectivity index (χ0v) is 21.1. The standard InChI is InChI=1S/C31H24BrN3O/c32-24-16-17-27-25(18-24)26(20-35(27)19-21-10-4-1-5-11-21)30-31(36)34-29(23-14-8-3-9-15-23)28(33-30)22-12-6-2-7-13-22/h1-18,20,28-29H,19H2,(H,34,36)/t28-,29-/m1/s1. The van der Waals surface area contributed by atoms with Crippen LogP contribution in [0.15, 0.2) is 125 Å². The molecule has 1 amide bonds. The van der Waals surface area contributed by atoms with E-state index in [-0.39, 0.29) is 18.0 Å². The summed E-state index contributed by atoms with van der Waals surface area (Å²) >= 11 is 3.62. The molecule has 0 radical (unpaired) electrons. The Bertz CT molecular complexity index is 1560. The molecular formula is C31H24BrN3O. The molecule has 36 heavy (non-hydrogen) atoms. The van der Waals surface area contributed by atoms with Crippen LogP contribution in [0.2, 0.25) is 0 Å². The second-order valence-electron chi connectivity index (χ2n) is 9.01. The summed E-state index contributed by atoms with van der Waals surface area (Å²) in [6.45, 7) is 0.711. The van der Waals surface area contributed by atoms with Crippen molar-refractivity contribution >= 4 is 38.5 Å². The van der Waals surface area contributed by atoms with Gasteiger partial charge in [-0.05, 0) is 34.9 Å². The van der Waals surface area contributed by atoms with Gasteiger partial charge in [0.1, 0.15) is 11.8 Å². The van der Waals surface area contributed by atoms with Gasteiger partial charge in [0.25, 0.3) is 5.91 Å². The van der Waals surface area contributed by atoms with Crippen molar-refractivity contribution < 1.29 is 4.79 Å². The van der Waals surface area contributed by atoms with Crippen molar-refractivity contribution in [2.24, 2.45) is 4.99 Å². The summed E-state index contributed by atoms with van der Waals surface area (Å²) in [5, 5.41) is 4.28. The van der Waals surface area contributed by atoms with Crippen molar-refractivity contribution in [2.75, 3.05) is 0 Å². The van der Waals surface area contributed by atoms with E-state index < -0.39 is 0 Å². The highest BCUT2D eigenvalue weighted by Crippen LogP contribution is 2.37. The van der Waals surface area contributed by atoms with Crippen molar-refractivity contribution in [3.8, 4) is 0 Å². The van der Waals surface area contributed by atoms with Crippen LogP contribution in [0.4, 0.5) is 0 Å². The number of rotatable bonds is 5. The lowest BCUT2D eigenvalue weighted by Gasteiger charge is -2.31. The largest absolute Gasteiger partial charge is 0.342 e. The van der Waals surface area contributed by atoms with Gasteiger partial charge in [-0.15, -0.1) is 0 Å². The van der Waals surface area contributed by atoms with Crippen LogP contribution in [-0.2, 0) is 11.3 Å². The first-order valence-electron chi connectivity index (χ1n) is 12.0. The molecular weight excluding hydrogens is 510 g/mol. The Balaban J connectivity index is 1.50. The number of nitrogens with one attached hydrogen (secondary N) is 1. The molecule has 0 fully saturated rings. The van der Waals surface area contributed by atoms with Crippen LogP contribution >= 0.6 is 15.9 Å². The maximum absolute atomic E-state index is 13.6. The molecule has 1 aliphatic rings. The topological polar surface area (TPSA) is 46.4 Å². The molecule has 0 saturated heterocycles. The molecule has 2 atom stereocenters. The summed E-state index contributed by atoms with van der Waals surface area (Å²) < 4.78 is 3.16. The van der Waals surface area contributed by atoms with Gasteiger partial charge in [0.15, 0.2) is 0 Å². The first-order valence-corrected chi connectivity index (χ1v) is 12.8. The smallest absolute Gasteiger partial charge is 0.270 e. The minimum absolute atomic E-state index is 0.158. The minimum atomic E-state index is -0.241. The minimum Gasteiger partial charge on any atom is -0.342 e. The third-order valence-electron chi connectivity index (χ3n) is 6.68. The van der Waals surface area contributed by atoms with Gasteiger partial charge < -0.3 is 9.88 Å². The average molecular weight is 534 g/mol. The fourth-order valence-corrected chi connectivity index (χ4v) is 5.33. The number of aromatic nitrogens is 1. The Morgan fingerprint density at radius 3 is 2.14 bits per heavy atom. The van der Waals surface area contributed by atoms with E-state index in [4.69, 9.17) is 4.99 Å². The Kier molecular flexibility index (Phi) is 5.99. The lowest BCUT2D eigenvalue weighted by Crippen LogP contribution is -2.42. The number of amides is 1. The first-order chi connectivity index (χ1) is 17.7. The van der Waals surface area contributed by atoms with Gasteiger partial charge in [0.2, 0.25) is 0 Å². The second kappa shape index (κ2) is 9.59. The van der Waals surface area contributed by atoms with Gasteiger partial charge >= 0.3 is 0 Å². The Morgan fingerprint density at radius 1 is 0.806 bits per heavy atom. The molecule has 4 nitrogen and oxygen atoms in total. The molecule has 0 bridgehead atoms. The van der Waals surface area contributed by atoms with Gasteiger partial charge in [0, 0.05) is 33.7 Å². The number of hydrogen-bond acceptors (Lipinski definition) is 2. The summed E-state index contributed by atoms with van der Waals surface area (Å²) in [4.78, 5) is 18.7. The number of carbonyl (C=O) groups excluding carboxylic acids is 1. The van der Waals surface area contributed by atoms with Gasteiger partial charge in [0.05, 0.1) is 6.04 Å². The molecule has 0 unspecified atom stereocenters. The van der Waals surface area contributed by atoms with Crippen LogP contribution < -0.4 is 5.32 Å². The zero-order chi connectivity index (χ0) is 24.5. The Hall–Kier alpha value is -3.96. The van der Waals surface area contributed by atoms with E-state index >= 15 is 0 Å². The SMILES string of the molecule is O=C1N[C@H](c2ccccc2)[C@@H](c2ccccc2)N=C1c1cn(Cc2ccccc2)c2ccc(Br)cc12. The van der Waals surface area contributed by atoms with Crippen LogP contribution in [-0.4, -0.2) is 16.2 Å². The maximum atomic E-state index is 13.6. The van der Waals surface area contributed by atoms with E-state index in [1.807, 2.05) is 72.8 Å². The number of halogens is 1. The molecule has 0 saturated carbocycles. The lowest BCUT2D eigenvalue weighted by atomic mass is 9.91. The monoisotopic (exact) mass is 533 g/mol. The maximum Gasteiger partial charge on any atom is 0.270 e. The van der Waals surface area contributed by atoms with Crippen molar-refractivity contribution in [3.05, 3.63) is 142 Å². The summed E-state index contributed by atoms with van der Waals surface area (Å²) in [7, 11) is 0. The summed E-state index contributed by atoms with van der Waals surface area (Å²) in [6.07, 6.45) is 2.06. The highest BCUT2D eigenvalue weighted by molar-refractivity contribution is 9.10. The van der Waals surface area contributed by atoms with E-state index in [9.17, 15) is 4.79 Å².